The Labute approximate surface area is 163 Å². The molecule has 7 heteroatoms. The van der Waals surface area contributed by atoms with E-state index in [9.17, 15) is 14.7 Å². The van der Waals surface area contributed by atoms with Gasteiger partial charge in [-0.3, -0.25) is 9.78 Å². The van der Waals surface area contributed by atoms with Crippen molar-refractivity contribution in [2.75, 3.05) is 18.4 Å². The maximum absolute atomic E-state index is 12.7. The first-order valence-electron chi connectivity index (χ1n) is 9.48. The number of anilines is 1. The lowest BCUT2D eigenvalue weighted by atomic mass is 9.81. The van der Waals surface area contributed by atoms with Crippen molar-refractivity contribution < 1.29 is 19.4 Å². The Hall–Kier alpha value is -3.09. The van der Waals surface area contributed by atoms with Crippen LogP contribution >= 0.6 is 0 Å². The Kier molecular flexibility index (Phi) is 4.90. The number of benzene rings is 1. The summed E-state index contributed by atoms with van der Waals surface area (Å²) in [5.41, 5.74) is 0.807. The monoisotopic (exact) mass is 381 g/mol. The van der Waals surface area contributed by atoms with Crippen LogP contribution in [-0.4, -0.2) is 40.1 Å². The maximum atomic E-state index is 12.7. The normalized spacial score (nSPS) is 23.3. The van der Waals surface area contributed by atoms with Crippen LogP contribution in [0.3, 0.4) is 0 Å². The number of hydrogen-bond donors (Lipinski definition) is 2. The smallest absolute Gasteiger partial charge is 0.321 e. The van der Waals surface area contributed by atoms with Crippen molar-refractivity contribution in [3.8, 4) is 5.75 Å². The molecule has 1 aromatic carbocycles. The third-order valence-corrected chi connectivity index (χ3v) is 5.80. The Balaban J connectivity index is 1.38. The Bertz CT molecular complexity index is 873. The predicted molar refractivity (Wildman–Crippen MR) is 103 cm³/mol. The lowest BCUT2D eigenvalue weighted by Gasteiger charge is -2.23. The number of amides is 2. The van der Waals surface area contributed by atoms with Gasteiger partial charge in [0.1, 0.15) is 12.4 Å². The number of pyridine rings is 1. The SMILES string of the molecule is O=C(Nc1cccc(OCc2cccnc2)c1)N1C[C@@H]2CCC[C@@]2(C(=O)O)C1. The fourth-order valence-corrected chi connectivity index (χ4v) is 4.31. The molecule has 1 aliphatic carbocycles. The summed E-state index contributed by atoms with van der Waals surface area (Å²) in [5.74, 6) is -0.0945. The second-order valence-electron chi connectivity index (χ2n) is 7.54. The number of nitrogens with one attached hydrogen (secondary N) is 1. The molecule has 1 saturated carbocycles. The summed E-state index contributed by atoms with van der Waals surface area (Å²) in [6.07, 6.45) is 5.89. The fraction of sp³-hybridized carbons (Fsp3) is 0.381. The lowest BCUT2D eigenvalue weighted by molar-refractivity contribution is -0.149. The number of carbonyl (C=O) groups is 2. The summed E-state index contributed by atoms with van der Waals surface area (Å²) >= 11 is 0. The van der Waals surface area contributed by atoms with Crippen LogP contribution in [0, 0.1) is 11.3 Å². The highest BCUT2D eigenvalue weighted by Gasteiger charge is 2.55. The van der Waals surface area contributed by atoms with Crippen LogP contribution in [0.2, 0.25) is 0 Å². The summed E-state index contributed by atoms with van der Waals surface area (Å²) in [7, 11) is 0. The molecule has 1 saturated heterocycles. The Morgan fingerprint density at radius 1 is 1.32 bits per heavy atom. The van der Waals surface area contributed by atoms with E-state index in [0.717, 1.165) is 18.4 Å². The predicted octanol–water partition coefficient (Wildman–Crippen LogP) is 3.38. The molecule has 28 heavy (non-hydrogen) atoms. The van der Waals surface area contributed by atoms with Gasteiger partial charge in [0.2, 0.25) is 0 Å². The molecule has 2 fully saturated rings. The minimum Gasteiger partial charge on any atom is -0.489 e. The number of hydrogen-bond acceptors (Lipinski definition) is 4. The van der Waals surface area contributed by atoms with Gasteiger partial charge in [0, 0.05) is 42.8 Å². The van der Waals surface area contributed by atoms with E-state index in [1.807, 2.05) is 24.3 Å². The minimum absolute atomic E-state index is 0.0462. The van der Waals surface area contributed by atoms with Gasteiger partial charge in [-0.2, -0.15) is 0 Å². The molecule has 2 N–H and O–H groups in total. The third-order valence-electron chi connectivity index (χ3n) is 5.80. The van der Waals surface area contributed by atoms with Crippen LogP contribution in [0.1, 0.15) is 24.8 Å². The van der Waals surface area contributed by atoms with E-state index in [4.69, 9.17) is 4.74 Å². The lowest BCUT2D eigenvalue weighted by Crippen LogP contribution is -2.38. The van der Waals surface area contributed by atoms with Crippen molar-refractivity contribution >= 4 is 17.7 Å². The van der Waals surface area contributed by atoms with Crippen molar-refractivity contribution in [1.82, 2.24) is 9.88 Å². The number of aromatic nitrogens is 1. The van der Waals surface area contributed by atoms with Crippen LogP contribution in [0.4, 0.5) is 10.5 Å². The van der Waals surface area contributed by atoms with E-state index in [2.05, 4.69) is 10.3 Å². The molecule has 7 nitrogen and oxygen atoms in total. The van der Waals surface area contributed by atoms with Gasteiger partial charge in [-0.15, -0.1) is 0 Å². The van der Waals surface area contributed by atoms with Crippen molar-refractivity contribution in [2.45, 2.75) is 25.9 Å². The van der Waals surface area contributed by atoms with E-state index < -0.39 is 11.4 Å². The van der Waals surface area contributed by atoms with Crippen LogP contribution in [0.25, 0.3) is 0 Å². The quantitative estimate of drug-likeness (QED) is 0.828. The minimum atomic E-state index is -0.781. The number of likely N-dealkylation sites (tertiary alicyclic amines) is 1. The zero-order valence-electron chi connectivity index (χ0n) is 15.5. The second-order valence-corrected chi connectivity index (χ2v) is 7.54. The van der Waals surface area contributed by atoms with E-state index in [0.29, 0.717) is 31.0 Å². The second kappa shape index (κ2) is 7.50. The van der Waals surface area contributed by atoms with Gasteiger partial charge in [0.05, 0.1) is 5.41 Å². The number of carboxylic acid groups (broad SMARTS) is 1. The molecule has 0 radical (unpaired) electrons. The van der Waals surface area contributed by atoms with Crippen molar-refractivity contribution in [3.05, 3.63) is 54.4 Å². The van der Waals surface area contributed by atoms with Gasteiger partial charge in [-0.1, -0.05) is 18.6 Å². The number of carbonyl (C=O) groups excluding carboxylic acids is 1. The molecule has 2 atom stereocenters. The van der Waals surface area contributed by atoms with Gasteiger partial charge in [0.25, 0.3) is 0 Å². The average molecular weight is 381 g/mol. The number of fused-ring (bicyclic) bond motifs is 1. The highest BCUT2D eigenvalue weighted by molar-refractivity contribution is 5.90. The van der Waals surface area contributed by atoms with Crippen LogP contribution < -0.4 is 10.1 Å². The zero-order chi connectivity index (χ0) is 19.6. The summed E-state index contributed by atoms with van der Waals surface area (Å²) < 4.78 is 5.77. The molecule has 1 aliphatic heterocycles. The van der Waals surface area contributed by atoms with Crippen molar-refractivity contribution in [2.24, 2.45) is 11.3 Å². The van der Waals surface area contributed by atoms with Gasteiger partial charge in [-0.05, 0) is 37.0 Å². The third kappa shape index (κ3) is 3.52. The largest absolute Gasteiger partial charge is 0.489 e. The van der Waals surface area contributed by atoms with Gasteiger partial charge in [0.15, 0.2) is 0 Å². The molecule has 4 rings (SSSR count). The molecule has 2 aromatic rings. The highest BCUT2D eigenvalue weighted by Crippen LogP contribution is 2.48. The zero-order valence-corrected chi connectivity index (χ0v) is 15.5. The molecular formula is C21H23N3O4. The number of carboxylic acids is 1. The summed E-state index contributed by atoms with van der Waals surface area (Å²) in [4.78, 5) is 30.1. The molecule has 0 unspecified atom stereocenters. The molecule has 2 heterocycles. The van der Waals surface area contributed by atoms with Crippen LogP contribution in [0.5, 0.6) is 5.75 Å². The molecule has 1 aromatic heterocycles. The Morgan fingerprint density at radius 2 is 2.21 bits per heavy atom. The van der Waals surface area contributed by atoms with Crippen LogP contribution in [-0.2, 0) is 11.4 Å². The highest BCUT2D eigenvalue weighted by atomic mass is 16.5. The van der Waals surface area contributed by atoms with E-state index >= 15 is 0 Å². The van der Waals surface area contributed by atoms with E-state index in [1.165, 1.54) is 0 Å². The number of rotatable bonds is 5. The van der Waals surface area contributed by atoms with Gasteiger partial charge < -0.3 is 20.1 Å². The van der Waals surface area contributed by atoms with E-state index in [1.54, 1.807) is 29.4 Å². The topological polar surface area (TPSA) is 91.8 Å². The number of ether oxygens (including phenoxy) is 1. The van der Waals surface area contributed by atoms with Crippen LogP contribution in [0.15, 0.2) is 48.8 Å². The van der Waals surface area contributed by atoms with Crippen molar-refractivity contribution in [1.29, 1.82) is 0 Å². The fourth-order valence-electron chi connectivity index (χ4n) is 4.31. The Morgan fingerprint density at radius 3 is 2.96 bits per heavy atom. The van der Waals surface area contributed by atoms with Crippen molar-refractivity contribution in [3.63, 3.8) is 0 Å². The number of nitrogens with zero attached hydrogens (tertiary/aromatic N) is 2. The summed E-state index contributed by atoms with van der Waals surface area (Å²) in [5, 5.41) is 12.5. The first-order valence-corrected chi connectivity index (χ1v) is 9.48. The summed E-state index contributed by atoms with van der Waals surface area (Å²) in [6.45, 7) is 1.16. The van der Waals surface area contributed by atoms with Gasteiger partial charge in [-0.25, -0.2) is 4.79 Å². The molecular weight excluding hydrogens is 358 g/mol. The number of urea groups is 1. The molecule has 0 spiro atoms. The first kappa shape index (κ1) is 18.3. The van der Waals surface area contributed by atoms with Gasteiger partial charge >= 0.3 is 12.0 Å². The average Bonchev–Trinajstić information content (AvgIpc) is 3.26. The maximum Gasteiger partial charge on any atom is 0.321 e. The summed E-state index contributed by atoms with van der Waals surface area (Å²) in [6, 6.07) is 10.7. The molecule has 0 bridgehead atoms. The number of aliphatic carboxylic acids is 1. The molecule has 2 aliphatic rings. The van der Waals surface area contributed by atoms with E-state index in [-0.39, 0.29) is 18.5 Å². The first-order chi connectivity index (χ1) is 13.6. The molecule has 146 valence electrons. The standard InChI is InChI=1S/C21H23N3O4/c25-19(26)21-8-2-5-16(21)12-24(14-21)20(27)23-17-6-1-7-18(10-17)28-13-15-4-3-9-22-11-15/h1,3-4,6-7,9-11,16H,2,5,8,12-14H2,(H,23,27)(H,25,26)/t16-,21+/m0/s1. The molecule has 2 amide bonds.